The van der Waals surface area contributed by atoms with Crippen LogP contribution in [0, 0.1) is 0 Å². The number of rotatable bonds is 2. The van der Waals surface area contributed by atoms with Crippen molar-refractivity contribution in [1.29, 1.82) is 0 Å². The summed E-state index contributed by atoms with van der Waals surface area (Å²) in [5.41, 5.74) is -0.203. The zero-order valence-electron chi connectivity index (χ0n) is 6.78. The van der Waals surface area contributed by atoms with Gasteiger partial charge in [-0.1, -0.05) is 0 Å². The highest BCUT2D eigenvalue weighted by Crippen LogP contribution is 2.40. The highest BCUT2D eigenvalue weighted by atomic mass is 16.4. The molecule has 5 heteroatoms. The Bertz CT molecular complexity index is 406. The summed E-state index contributed by atoms with van der Waals surface area (Å²) < 4.78 is 0. The summed E-state index contributed by atoms with van der Waals surface area (Å²) >= 11 is 0. The Labute approximate surface area is 73.4 Å². The number of aromatic nitrogens is 2. The molecule has 0 unspecified atom stereocenters. The van der Waals surface area contributed by atoms with Gasteiger partial charge in [0.05, 0.1) is 6.20 Å². The summed E-state index contributed by atoms with van der Waals surface area (Å²) in [7, 11) is 0. The van der Waals surface area contributed by atoms with Crippen LogP contribution in [0.2, 0.25) is 0 Å². The summed E-state index contributed by atoms with van der Waals surface area (Å²) in [6.07, 6.45) is 3.33. The highest BCUT2D eigenvalue weighted by Gasteiger charge is 2.29. The van der Waals surface area contributed by atoms with E-state index < -0.39 is 11.5 Å². The standard InChI is InChI=1S/C8H8N2O3/c11-7-6(8(12)13)5(3-9-10-7)4-1-2-4/h3-4H,1-2H2,(H,10,11)(H,12,13). The maximum absolute atomic E-state index is 11.1. The van der Waals surface area contributed by atoms with Crippen molar-refractivity contribution in [1.82, 2.24) is 10.2 Å². The summed E-state index contributed by atoms with van der Waals surface area (Å²) in [5.74, 6) is -0.952. The Hall–Kier alpha value is -1.65. The minimum absolute atomic E-state index is 0.155. The number of nitrogens with one attached hydrogen (secondary N) is 1. The number of aromatic carboxylic acids is 1. The molecule has 2 N–H and O–H groups in total. The first kappa shape index (κ1) is 7.97. The van der Waals surface area contributed by atoms with E-state index in [9.17, 15) is 9.59 Å². The van der Waals surface area contributed by atoms with Gasteiger partial charge in [0.2, 0.25) is 0 Å². The highest BCUT2D eigenvalue weighted by molar-refractivity contribution is 5.89. The van der Waals surface area contributed by atoms with Crippen LogP contribution in [0.15, 0.2) is 11.0 Å². The lowest BCUT2D eigenvalue weighted by Crippen LogP contribution is -2.21. The van der Waals surface area contributed by atoms with E-state index in [1.54, 1.807) is 0 Å². The maximum atomic E-state index is 11.1. The third-order valence-electron chi connectivity index (χ3n) is 2.12. The molecule has 0 amide bonds. The zero-order valence-corrected chi connectivity index (χ0v) is 6.78. The van der Waals surface area contributed by atoms with Crippen molar-refractivity contribution in [2.24, 2.45) is 0 Å². The lowest BCUT2D eigenvalue weighted by molar-refractivity contribution is 0.0693. The van der Waals surface area contributed by atoms with Crippen LogP contribution in [0.5, 0.6) is 0 Å². The number of H-pyrrole nitrogens is 1. The van der Waals surface area contributed by atoms with Crippen LogP contribution < -0.4 is 5.56 Å². The first-order valence-corrected chi connectivity index (χ1v) is 4.01. The zero-order chi connectivity index (χ0) is 9.42. The van der Waals surface area contributed by atoms with E-state index in [1.807, 2.05) is 0 Å². The summed E-state index contributed by atoms with van der Waals surface area (Å²) in [6.45, 7) is 0. The number of hydrogen-bond donors (Lipinski definition) is 2. The van der Waals surface area contributed by atoms with Crippen LogP contribution >= 0.6 is 0 Å². The molecule has 1 fully saturated rings. The molecule has 1 aromatic heterocycles. The molecule has 1 saturated carbocycles. The van der Waals surface area contributed by atoms with Gasteiger partial charge in [0.25, 0.3) is 5.56 Å². The predicted octanol–water partition coefficient (Wildman–Crippen LogP) is 0.345. The first-order chi connectivity index (χ1) is 6.20. The average molecular weight is 180 g/mol. The van der Waals surface area contributed by atoms with Crippen molar-refractivity contribution in [2.75, 3.05) is 0 Å². The molecule has 2 rings (SSSR count). The molecule has 1 aromatic rings. The van der Waals surface area contributed by atoms with E-state index in [-0.39, 0.29) is 11.5 Å². The molecule has 5 nitrogen and oxygen atoms in total. The first-order valence-electron chi connectivity index (χ1n) is 4.01. The van der Waals surface area contributed by atoms with E-state index in [2.05, 4.69) is 10.2 Å². The Morgan fingerprint density at radius 1 is 1.62 bits per heavy atom. The van der Waals surface area contributed by atoms with Gasteiger partial charge in [-0.25, -0.2) is 9.89 Å². The molecule has 0 bridgehead atoms. The second-order valence-corrected chi connectivity index (χ2v) is 3.11. The van der Waals surface area contributed by atoms with Gasteiger partial charge in [0.1, 0.15) is 5.56 Å². The predicted molar refractivity (Wildman–Crippen MR) is 43.8 cm³/mol. The van der Waals surface area contributed by atoms with Gasteiger partial charge in [0.15, 0.2) is 0 Å². The quantitative estimate of drug-likeness (QED) is 0.687. The summed E-state index contributed by atoms with van der Waals surface area (Å²) in [4.78, 5) is 21.8. The van der Waals surface area contributed by atoms with Crippen molar-refractivity contribution in [3.63, 3.8) is 0 Å². The van der Waals surface area contributed by atoms with Crippen molar-refractivity contribution >= 4 is 5.97 Å². The molecule has 0 spiro atoms. The molecule has 1 aliphatic carbocycles. The lowest BCUT2D eigenvalue weighted by Gasteiger charge is -2.00. The Morgan fingerprint density at radius 3 is 2.85 bits per heavy atom. The van der Waals surface area contributed by atoms with Gasteiger partial charge in [0, 0.05) is 0 Å². The maximum Gasteiger partial charge on any atom is 0.341 e. The van der Waals surface area contributed by atoms with Gasteiger partial charge < -0.3 is 5.11 Å². The van der Waals surface area contributed by atoms with Gasteiger partial charge in [-0.05, 0) is 24.3 Å². The van der Waals surface area contributed by atoms with Crippen molar-refractivity contribution < 1.29 is 9.90 Å². The number of carboxylic acids is 1. The van der Waals surface area contributed by atoms with Gasteiger partial charge in [-0.15, -0.1) is 0 Å². The molecule has 13 heavy (non-hydrogen) atoms. The molecule has 0 saturated heterocycles. The molecule has 0 aromatic carbocycles. The van der Waals surface area contributed by atoms with Crippen LogP contribution in [0.3, 0.4) is 0 Å². The fourth-order valence-electron chi connectivity index (χ4n) is 1.34. The number of hydrogen-bond acceptors (Lipinski definition) is 3. The van der Waals surface area contributed by atoms with Crippen LogP contribution in [0.4, 0.5) is 0 Å². The van der Waals surface area contributed by atoms with Crippen LogP contribution in [0.1, 0.15) is 34.7 Å². The number of aromatic amines is 1. The SMILES string of the molecule is O=C(O)c1c(C2CC2)cn[nH]c1=O. The van der Waals surface area contributed by atoms with Gasteiger partial charge >= 0.3 is 5.97 Å². The van der Waals surface area contributed by atoms with Crippen LogP contribution in [-0.4, -0.2) is 21.3 Å². The van der Waals surface area contributed by atoms with E-state index in [4.69, 9.17) is 5.11 Å². The number of carboxylic acid groups (broad SMARTS) is 1. The Morgan fingerprint density at radius 2 is 2.31 bits per heavy atom. The second-order valence-electron chi connectivity index (χ2n) is 3.11. The Kier molecular flexibility index (Phi) is 1.65. The Balaban J connectivity index is 2.60. The largest absolute Gasteiger partial charge is 0.477 e. The van der Waals surface area contributed by atoms with Crippen molar-refractivity contribution in [3.8, 4) is 0 Å². The third kappa shape index (κ3) is 1.32. The lowest BCUT2D eigenvalue weighted by atomic mass is 10.1. The smallest absolute Gasteiger partial charge is 0.341 e. The van der Waals surface area contributed by atoms with Crippen molar-refractivity contribution in [3.05, 3.63) is 27.7 Å². The topological polar surface area (TPSA) is 83.0 Å². The molecular weight excluding hydrogens is 172 g/mol. The number of carbonyl (C=O) groups is 1. The minimum Gasteiger partial charge on any atom is -0.477 e. The molecular formula is C8H8N2O3. The van der Waals surface area contributed by atoms with Crippen LogP contribution in [0.25, 0.3) is 0 Å². The summed E-state index contributed by atoms with van der Waals surface area (Å²) in [5, 5.41) is 14.5. The molecule has 0 aliphatic heterocycles. The minimum atomic E-state index is -1.18. The monoisotopic (exact) mass is 180 g/mol. The second kappa shape index (κ2) is 2.69. The fraction of sp³-hybridized carbons (Fsp3) is 0.375. The normalized spacial score (nSPS) is 15.7. The molecule has 68 valence electrons. The average Bonchev–Trinajstić information content (AvgIpc) is 2.85. The molecule has 0 atom stereocenters. The van der Waals surface area contributed by atoms with Gasteiger partial charge in [-0.2, -0.15) is 5.10 Å². The van der Waals surface area contributed by atoms with Crippen molar-refractivity contribution in [2.45, 2.75) is 18.8 Å². The molecule has 0 radical (unpaired) electrons. The molecule has 1 aliphatic rings. The molecule has 1 heterocycles. The van der Waals surface area contributed by atoms with E-state index in [0.717, 1.165) is 12.8 Å². The number of nitrogens with zero attached hydrogens (tertiary/aromatic N) is 1. The van der Waals surface area contributed by atoms with Gasteiger partial charge in [-0.3, -0.25) is 4.79 Å². The summed E-state index contributed by atoms with van der Waals surface area (Å²) in [6, 6.07) is 0. The fourth-order valence-corrected chi connectivity index (χ4v) is 1.34. The third-order valence-corrected chi connectivity index (χ3v) is 2.12. The van der Waals surface area contributed by atoms with E-state index >= 15 is 0 Å². The van der Waals surface area contributed by atoms with E-state index in [1.165, 1.54) is 6.20 Å². The van der Waals surface area contributed by atoms with Crippen LogP contribution in [-0.2, 0) is 0 Å². The van der Waals surface area contributed by atoms with E-state index in [0.29, 0.717) is 5.56 Å².